The van der Waals surface area contributed by atoms with E-state index < -0.39 is 27.6 Å². The first-order chi connectivity index (χ1) is 8.85. The van der Waals surface area contributed by atoms with Crippen LogP contribution in [0.2, 0.25) is 0 Å². The van der Waals surface area contributed by atoms with Crippen LogP contribution in [-0.2, 0) is 9.84 Å². The molecule has 19 heavy (non-hydrogen) atoms. The number of aliphatic imine (C=N–C) groups is 1. The number of carbonyl (C=O) groups excluding carboxylic acids is 1. The first kappa shape index (κ1) is 13.0. The quantitative estimate of drug-likeness (QED) is 0.524. The summed E-state index contributed by atoms with van der Waals surface area (Å²) in [6.07, 6.45) is 0. The van der Waals surface area contributed by atoms with Crippen LogP contribution in [0.4, 0.5) is 0 Å². The zero-order valence-electron chi connectivity index (χ0n) is 9.70. The van der Waals surface area contributed by atoms with Crippen LogP contribution in [0.3, 0.4) is 0 Å². The third kappa shape index (κ3) is 2.28. The van der Waals surface area contributed by atoms with Crippen molar-refractivity contribution in [2.24, 2.45) is 16.5 Å². The predicted molar refractivity (Wildman–Crippen MR) is 67.0 cm³/mol. The second-order valence-electron chi connectivity index (χ2n) is 4.06. The number of amides is 1. The molecule has 0 fully saturated rings. The summed E-state index contributed by atoms with van der Waals surface area (Å²) >= 11 is 0. The Balaban J connectivity index is 2.55. The van der Waals surface area contributed by atoms with E-state index in [0.717, 1.165) is 0 Å². The molecule has 0 spiro atoms. The number of fused-ring (bicyclic) bond motifs is 1. The summed E-state index contributed by atoms with van der Waals surface area (Å²) in [5.74, 6) is -2.09. The monoisotopic (exact) mass is 278 g/mol. The van der Waals surface area contributed by atoms with Crippen LogP contribution >= 0.6 is 0 Å². The summed E-state index contributed by atoms with van der Waals surface area (Å²) in [5, 5.41) is 8.91. The molecule has 1 unspecified atom stereocenters. The van der Waals surface area contributed by atoms with Crippen molar-refractivity contribution in [2.75, 3.05) is 5.75 Å². The number of guanidine groups is 1. The fraction of sp³-hybridized carbons (Fsp3) is 0.182. The molecule has 1 atom stereocenters. The number of nitrogens with two attached hydrogens (primary N) is 2. The zero-order valence-corrected chi connectivity index (χ0v) is 10.5. The average molecular weight is 278 g/mol. The molecule has 0 bridgehead atoms. The predicted octanol–water partition coefficient (Wildman–Crippen LogP) is -0.505. The molecule has 98 valence electrons. The number of sulfone groups is 1. The lowest BCUT2D eigenvalue weighted by atomic mass is 10.0. The highest BCUT2D eigenvalue weighted by Crippen LogP contribution is 2.35. The van der Waals surface area contributed by atoms with E-state index in [9.17, 15) is 13.2 Å². The zero-order chi connectivity index (χ0) is 14.2. The molecule has 0 saturated heterocycles. The molecule has 1 aliphatic rings. The summed E-state index contributed by atoms with van der Waals surface area (Å²) in [6, 6.07) is 5.98. The number of carbonyl (C=O) groups is 1. The maximum atomic E-state index is 11.9. The van der Waals surface area contributed by atoms with Crippen molar-refractivity contribution < 1.29 is 13.2 Å². The first-order valence-electron chi connectivity index (χ1n) is 5.25. The molecule has 1 amide bonds. The normalized spacial score (nSPS) is 19.2. The van der Waals surface area contributed by atoms with Gasteiger partial charge in [0.1, 0.15) is 0 Å². The van der Waals surface area contributed by atoms with E-state index in [2.05, 4.69) is 4.99 Å². The van der Waals surface area contributed by atoms with Crippen LogP contribution in [-0.4, -0.2) is 26.0 Å². The van der Waals surface area contributed by atoms with Crippen molar-refractivity contribution in [1.82, 2.24) is 0 Å². The molecular weight excluding hydrogens is 268 g/mol. The minimum Gasteiger partial charge on any atom is -0.370 e. The highest BCUT2D eigenvalue weighted by Gasteiger charge is 2.35. The number of nitrogens with zero attached hydrogens (tertiary/aromatic N) is 2. The van der Waals surface area contributed by atoms with E-state index in [-0.39, 0.29) is 16.2 Å². The molecule has 0 aliphatic carbocycles. The third-order valence-corrected chi connectivity index (χ3v) is 4.54. The molecule has 2 rings (SSSR count). The molecule has 1 aliphatic heterocycles. The Hall–Kier alpha value is -2.40. The molecule has 0 radical (unpaired) electrons. The molecule has 1 heterocycles. The molecule has 1 aromatic carbocycles. The maximum absolute atomic E-state index is 11.9. The lowest BCUT2D eigenvalue weighted by Gasteiger charge is -2.02. The van der Waals surface area contributed by atoms with Gasteiger partial charge in [-0.05, 0) is 17.7 Å². The average Bonchev–Trinajstić information content (AvgIpc) is 2.60. The highest BCUT2D eigenvalue weighted by molar-refractivity contribution is 7.91. The summed E-state index contributed by atoms with van der Waals surface area (Å²) in [7, 11) is -3.54. The van der Waals surface area contributed by atoms with Gasteiger partial charge in [-0.3, -0.25) is 4.79 Å². The number of rotatable bonds is 1. The van der Waals surface area contributed by atoms with E-state index in [1.807, 2.05) is 6.07 Å². The summed E-state index contributed by atoms with van der Waals surface area (Å²) in [6.45, 7) is 0. The number of benzene rings is 1. The van der Waals surface area contributed by atoms with Gasteiger partial charge in [0.15, 0.2) is 15.8 Å². The van der Waals surface area contributed by atoms with Crippen molar-refractivity contribution in [3.8, 4) is 6.07 Å². The lowest BCUT2D eigenvalue weighted by Crippen LogP contribution is -2.24. The van der Waals surface area contributed by atoms with Crippen LogP contribution in [0.25, 0.3) is 0 Å². The van der Waals surface area contributed by atoms with Gasteiger partial charge in [-0.1, -0.05) is 6.07 Å². The molecule has 1 aromatic rings. The first-order valence-corrected chi connectivity index (χ1v) is 6.90. The van der Waals surface area contributed by atoms with Gasteiger partial charge in [0.05, 0.1) is 22.6 Å². The smallest absolute Gasteiger partial charge is 0.280 e. The Morgan fingerprint density at radius 2 is 2.11 bits per heavy atom. The molecule has 8 heteroatoms. The largest absolute Gasteiger partial charge is 0.370 e. The highest BCUT2D eigenvalue weighted by atomic mass is 32.2. The van der Waals surface area contributed by atoms with Gasteiger partial charge < -0.3 is 11.5 Å². The van der Waals surface area contributed by atoms with E-state index in [1.165, 1.54) is 18.2 Å². The molecule has 0 saturated carbocycles. The minimum atomic E-state index is -3.54. The van der Waals surface area contributed by atoms with Crippen LogP contribution in [0.15, 0.2) is 28.1 Å². The topological polar surface area (TPSA) is 139 Å². The van der Waals surface area contributed by atoms with Gasteiger partial charge >= 0.3 is 0 Å². The van der Waals surface area contributed by atoms with Crippen LogP contribution < -0.4 is 11.5 Å². The molecule has 0 aromatic heterocycles. The Labute approximate surface area is 109 Å². The van der Waals surface area contributed by atoms with Gasteiger partial charge in [0.25, 0.3) is 5.91 Å². The van der Waals surface area contributed by atoms with Gasteiger partial charge in [0, 0.05) is 5.56 Å². The Kier molecular flexibility index (Phi) is 3.00. The maximum Gasteiger partial charge on any atom is 0.280 e. The Morgan fingerprint density at radius 1 is 1.42 bits per heavy atom. The van der Waals surface area contributed by atoms with Gasteiger partial charge in [-0.25, -0.2) is 8.42 Å². The Bertz CT molecular complexity index is 727. The van der Waals surface area contributed by atoms with Crippen LogP contribution in [0.5, 0.6) is 0 Å². The van der Waals surface area contributed by atoms with Gasteiger partial charge in [0.2, 0.25) is 0 Å². The van der Waals surface area contributed by atoms with E-state index >= 15 is 0 Å². The Morgan fingerprint density at radius 3 is 2.68 bits per heavy atom. The van der Waals surface area contributed by atoms with E-state index in [0.29, 0.717) is 5.56 Å². The van der Waals surface area contributed by atoms with E-state index in [4.69, 9.17) is 16.7 Å². The van der Waals surface area contributed by atoms with Crippen LogP contribution in [0.1, 0.15) is 21.8 Å². The van der Waals surface area contributed by atoms with Crippen molar-refractivity contribution in [3.63, 3.8) is 0 Å². The molecular formula is C11H10N4O3S. The third-order valence-electron chi connectivity index (χ3n) is 2.74. The van der Waals surface area contributed by atoms with E-state index in [1.54, 1.807) is 0 Å². The summed E-state index contributed by atoms with van der Waals surface area (Å²) in [4.78, 5) is 14.9. The lowest BCUT2D eigenvalue weighted by molar-refractivity contribution is 0.100. The second-order valence-corrected chi connectivity index (χ2v) is 6.06. The van der Waals surface area contributed by atoms with Gasteiger partial charge in [-0.2, -0.15) is 10.3 Å². The molecule has 4 N–H and O–H groups in total. The summed E-state index contributed by atoms with van der Waals surface area (Å²) < 4.78 is 23.7. The second kappa shape index (κ2) is 4.37. The van der Waals surface area contributed by atoms with Gasteiger partial charge in [-0.15, -0.1) is 0 Å². The number of nitriles is 1. The number of hydrogen-bond acceptors (Lipinski definition) is 4. The fourth-order valence-corrected chi connectivity index (χ4v) is 3.66. The van der Waals surface area contributed by atoms with Crippen molar-refractivity contribution in [3.05, 3.63) is 29.3 Å². The van der Waals surface area contributed by atoms with Crippen molar-refractivity contribution in [1.29, 1.82) is 5.26 Å². The molecule has 7 nitrogen and oxygen atoms in total. The SMILES string of the molecule is N#CC1CS(=O)(=O)c2cc(C(=O)N=C(N)N)ccc21. The fourth-order valence-electron chi connectivity index (χ4n) is 1.91. The summed E-state index contributed by atoms with van der Waals surface area (Å²) in [5.41, 5.74) is 10.6. The van der Waals surface area contributed by atoms with Crippen molar-refractivity contribution >= 4 is 21.7 Å². The standard InChI is InChI=1S/C11H10N4O3S/c12-4-7-5-19(17,18)9-3-6(1-2-8(7)9)10(16)15-11(13)14/h1-3,7H,5H2,(H4,13,14,15,16). The van der Waals surface area contributed by atoms with Crippen molar-refractivity contribution in [2.45, 2.75) is 10.8 Å². The van der Waals surface area contributed by atoms with Crippen LogP contribution in [0, 0.1) is 11.3 Å². The minimum absolute atomic E-state index is 0.00399. The number of hydrogen-bond donors (Lipinski definition) is 2.